The number of amides is 1. The third-order valence-corrected chi connectivity index (χ3v) is 5.50. The molecule has 0 unspecified atom stereocenters. The molecular weight excluding hydrogens is 403 g/mol. The van der Waals surface area contributed by atoms with Crippen LogP contribution in [0.1, 0.15) is 12.5 Å². The number of hydrogen-bond acceptors (Lipinski definition) is 3. The van der Waals surface area contributed by atoms with Crippen LogP contribution in [-0.4, -0.2) is 20.7 Å². The standard InChI is InChI=1S/C26H21FN4O/c1-2-17-11-12-23-21(13-17)26-22(15-28-23)25(18-7-4-3-5-8-18)30-31(26)16-24(32)29-20-10-6-9-19(27)14-20/h3-15H,2,16H2,1H3,(H,29,32). The first-order valence-electron chi connectivity index (χ1n) is 10.5. The van der Waals surface area contributed by atoms with Gasteiger partial charge in [-0.15, -0.1) is 0 Å². The zero-order chi connectivity index (χ0) is 22.1. The van der Waals surface area contributed by atoms with E-state index in [1.807, 2.05) is 42.6 Å². The molecule has 0 atom stereocenters. The monoisotopic (exact) mass is 424 g/mol. The minimum atomic E-state index is -0.400. The van der Waals surface area contributed by atoms with Gasteiger partial charge in [-0.3, -0.25) is 14.5 Å². The minimum Gasteiger partial charge on any atom is -0.324 e. The van der Waals surface area contributed by atoms with Gasteiger partial charge in [-0.1, -0.05) is 49.4 Å². The number of carbonyl (C=O) groups excluding carboxylic acids is 1. The van der Waals surface area contributed by atoms with E-state index in [0.29, 0.717) is 5.69 Å². The molecule has 0 saturated heterocycles. The van der Waals surface area contributed by atoms with E-state index in [9.17, 15) is 9.18 Å². The smallest absolute Gasteiger partial charge is 0.246 e. The molecule has 0 aliphatic rings. The van der Waals surface area contributed by atoms with E-state index in [0.717, 1.165) is 39.5 Å². The Morgan fingerprint density at radius 3 is 2.62 bits per heavy atom. The maximum absolute atomic E-state index is 13.5. The number of pyridine rings is 1. The molecule has 0 radical (unpaired) electrons. The molecule has 0 spiro atoms. The summed E-state index contributed by atoms with van der Waals surface area (Å²) >= 11 is 0. The number of aromatic nitrogens is 3. The van der Waals surface area contributed by atoms with Crippen molar-refractivity contribution >= 4 is 33.4 Å². The van der Waals surface area contributed by atoms with Crippen LogP contribution in [0.5, 0.6) is 0 Å². The second kappa shape index (κ2) is 8.23. The minimum absolute atomic E-state index is 0.00465. The van der Waals surface area contributed by atoms with Gasteiger partial charge in [0.15, 0.2) is 0 Å². The van der Waals surface area contributed by atoms with Gasteiger partial charge in [0.2, 0.25) is 5.91 Å². The van der Waals surface area contributed by atoms with Crippen LogP contribution < -0.4 is 5.32 Å². The van der Waals surface area contributed by atoms with Gasteiger partial charge in [-0.05, 0) is 42.3 Å². The second-order valence-corrected chi connectivity index (χ2v) is 7.66. The van der Waals surface area contributed by atoms with Crippen LogP contribution >= 0.6 is 0 Å². The molecule has 5 rings (SSSR count). The lowest BCUT2D eigenvalue weighted by Gasteiger charge is -2.08. The van der Waals surface area contributed by atoms with Gasteiger partial charge >= 0.3 is 0 Å². The van der Waals surface area contributed by atoms with Crippen molar-refractivity contribution in [1.29, 1.82) is 0 Å². The Bertz CT molecular complexity index is 1440. The molecule has 1 amide bonds. The molecule has 32 heavy (non-hydrogen) atoms. The fourth-order valence-corrected chi connectivity index (χ4v) is 3.95. The molecule has 0 saturated carbocycles. The number of hydrogen-bond donors (Lipinski definition) is 1. The molecular formula is C26H21FN4O. The molecule has 3 aromatic carbocycles. The van der Waals surface area contributed by atoms with E-state index >= 15 is 0 Å². The van der Waals surface area contributed by atoms with Crippen molar-refractivity contribution in [2.75, 3.05) is 5.32 Å². The Hall–Kier alpha value is -4.06. The van der Waals surface area contributed by atoms with Crippen LogP contribution in [0.2, 0.25) is 0 Å². The van der Waals surface area contributed by atoms with Crippen LogP contribution in [0.15, 0.2) is 79.0 Å². The van der Waals surface area contributed by atoms with E-state index in [1.54, 1.807) is 16.8 Å². The van der Waals surface area contributed by atoms with Crippen molar-refractivity contribution in [3.8, 4) is 11.3 Å². The molecule has 0 bridgehead atoms. The zero-order valence-electron chi connectivity index (χ0n) is 17.5. The lowest BCUT2D eigenvalue weighted by Crippen LogP contribution is -2.19. The number of nitrogens with one attached hydrogen (secondary N) is 1. The lowest BCUT2D eigenvalue weighted by atomic mass is 10.0. The number of nitrogens with zero attached hydrogens (tertiary/aromatic N) is 3. The zero-order valence-corrected chi connectivity index (χ0v) is 17.5. The normalized spacial score (nSPS) is 11.2. The second-order valence-electron chi connectivity index (χ2n) is 7.66. The van der Waals surface area contributed by atoms with Gasteiger partial charge in [-0.25, -0.2) is 4.39 Å². The summed E-state index contributed by atoms with van der Waals surface area (Å²) in [5.41, 5.74) is 5.03. The van der Waals surface area contributed by atoms with Gasteiger partial charge in [-0.2, -0.15) is 5.10 Å². The Kier molecular flexibility index (Phi) is 5.11. The molecule has 0 aliphatic heterocycles. The van der Waals surface area contributed by atoms with Gasteiger partial charge in [0.1, 0.15) is 18.1 Å². The first-order chi connectivity index (χ1) is 15.6. The number of carbonyl (C=O) groups is 1. The predicted molar refractivity (Wildman–Crippen MR) is 125 cm³/mol. The summed E-state index contributed by atoms with van der Waals surface area (Å²) in [6.07, 6.45) is 2.71. The molecule has 5 aromatic rings. The van der Waals surface area contributed by atoms with E-state index in [-0.39, 0.29) is 12.5 Å². The average molecular weight is 424 g/mol. The maximum atomic E-state index is 13.5. The summed E-state index contributed by atoms with van der Waals surface area (Å²) in [4.78, 5) is 17.5. The van der Waals surface area contributed by atoms with Crippen LogP contribution in [0, 0.1) is 5.82 Å². The highest BCUT2D eigenvalue weighted by molar-refractivity contribution is 6.08. The molecule has 2 heterocycles. The largest absolute Gasteiger partial charge is 0.324 e. The van der Waals surface area contributed by atoms with Crippen molar-refractivity contribution in [2.24, 2.45) is 0 Å². The van der Waals surface area contributed by atoms with Crippen LogP contribution in [0.25, 0.3) is 33.1 Å². The molecule has 2 aromatic heterocycles. The van der Waals surface area contributed by atoms with Crippen LogP contribution in [0.4, 0.5) is 10.1 Å². The fraction of sp³-hybridized carbons (Fsp3) is 0.115. The molecule has 6 heteroatoms. The number of fused-ring (bicyclic) bond motifs is 3. The number of halogens is 1. The van der Waals surface area contributed by atoms with E-state index in [1.165, 1.54) is 17.7 Å². The van der Waals surface area contributed by atoms with Gasteiger partial charge < -0.3 is 5.32 Å². The number of benzene rings is 3. The van der Waals surface area contributed by atoms with Crippen molar-refractivity contribution in [3.05, 3.63) is 90.4 Å². The molecule has 1 N–H and O–H groups in total. The maximum Gasteiger partial charge on any atom is 0.246 e. The van der Waals surface area contributed by atoms with E-state index in [4.69, 9.17) is 5.10 Å². The molecule has 0 fully saturated rings. The highest BCUT2D eigenvalue weighted by atomic mass is 19.1. The Labute approximate surface area is 184 Å². The number of rotatable bonds is 5. The number of anilines is 1. The van der Waals surface area contributed by atoms with Gasteiger partial charge in [0, 0.05) is 28.2 Å². The van der Waals surface area contributed by atoms with Crippen molar-refractivity contribution < 1.29 is 9.18 Å². The Morgan fingerprint density at radius 1 is 1.00 bits per heavy atom. The molecule has 158 valence electrons. The number of aryl methyl sites for hydroxylation is 1. The van der Waals surface area contributed by atoms with E-state index < -0.39 is 5.82 Å². The average Bonchev–Trinajstić information content (AvgIpc) is 3.18. The summed E-state index contributed by atoms with van der Waals surface area (Å²) in [6.45, 7) is 2.10. The van der Waals surface area contributed by atoms with Crippen LogP contribution in [0.3, 0.4) is 0 Å². The summed E-state index contributed by atoms with van der Waals surface area (Å²) < 4.78 is 15.2. The first-order valence-corrected chi connectivity index (χ1v) is 10.5. The van der Waals surface area contributed by atoms with Crippen molar-refractivity contribution in [3.63, 3.8) is 0 Å². The highest BCUT2D eigenvalue weighted by Crippen LogP contribution is 2.32. The van der Waals surface area contributed by atoms with Crippen LogP contribution in [-0.2, 0) is 17.8 Å². The topological polar surface area (TPSA) is 59.8 Å². The SMILES string of the molecule is CCc1ccc2ncc3c(-c4ccccc4)nn(CC(=O)Nc4cccc(F)c4)c3c2c1. The summed E-state index contributed by atoms with van der Waals surface area (Å²) in [6, 6.07) is 21.9. The summed E-state index contributed by atoms with van der Waals surface area (Å²) in [7, 11) is 0. The van der Waals surface area contributed by atoms with Crippen molar-refractivity contribution in [1.82, 2.24) is 14.8 Å². The lowest BCUT2D eigenvalue weighted by molar-refractivity contribution is -0.116. The van der Waals surface area contributed by atoms with Crippen molar-refractivity contribution in [2.45, 2.75) is 19.9 Å². The summed E-state index contributed by atoms with van der Waals surface area (Å²) in [5, 5.41) is 9.40. The quantitative estimate of drug-likeness (QED) is 0.400. The van der Waals surface area contributed by atoms with E-state index in [2.05, 4.69) is 29.4 Å². The third-order valence-electron chi connectivity index (χ3n) is 5.50. The predicted octanol–water partition coefficient (Wildman–Crippen LogP) is 5.59. The summed E-state index contributed by atoms with van der Waals surface area (Å²) in [5.74, 6) is -0.681. The highest BCUT2D eigenvalue weighted by Gasteiger charge is 2.18. The molecule has 5 nitrogen and oxygen atoms in total. The first kappa shape index (κ1) is 19.9. The Balaban J connectivity index is 1.64. The molecule has 0 aliphatic carbocycles. The fourth-order valence-electron chi connectivity index (χ4n) is 3.95. The van der Waals surface area contributed by atoms with Gasteiger partial charge in [0.05, 0.1) is 11.0 Å². The Morgan fingerprint density at radius 2 is 1.84 bits per heavy atom. The third kappa shape index (κ3) is 3.71. The van der Waals surface area contributed by atoms with Gasteiger partial charge in [0.25, 0.3) is 0 Å².